The molecule has 0 rings (SSSR count). The molecule has 2 N–H and O–H groups in total. The Hall–Kier alpha value is -0.760. The van der Waals surface area contributed by atoms with Crippen LogP contribution in [0, 0.1) is 0 Å². The van der Waals surface area contributed by atoms with E-state index < -0.39 is 20.0 Å². The summed E-state index contributed by atoms with van der Waals surface area (Å²) in [4.78, 5) is 25.4. The molecule has 9 heteroatoms. The zero-order valence-corrected chi connectivity index (χ0v) is 38.7. The molecule has 0 saturated heterocycles. The molecule has 0 aromatic heterocycles. The highest BCUT2D eigenvalue weighted by Gasteiger charge is 2.24. The third-order valence-corrected chi connectivity index (χ3v) is 12.0. The number of rotatable bonds is 44. The first-order valence-electron chi connectivity index (χ1n) is 24.0. The first-order valence-corrected chi connectivity index (χ1v) is 25.5. The predicted molar refractivity (Wildman–Crippen MR) is 238 cm³/mol. The second kappa shape index (κ2) is 39.7. The second-order valence-corrected chi connectivity index (χ2v) is 19.2. The van der Waals surface area contributed by atoms with Crippen molar-refractivity contribution in [1.82, 2.24) is 5.32 Å². The lowest BCUT2D eigenvalue weighted by atomic mass is 10.0. The molecule has 1 amide bonds. The summed E-state index contributed by atoms with van der Waals surface area (Å²) in [7, 11) is 1.31. The van der Waals surface area contributed by atoms with Gasteiger partial charge in [-0.25, -0.2) is 0 Å². The van der Waals surface area contributed by atoms with E-state index in [4.69, 9.17) is 9.05 Å². The Morgan fingerprint density at radius 3 is 1.41 bits per heavy atom. The molecule has 3 atom stereocenters. The number of aliphatic hydroxyl groups is 1. The lowest BCUT2D eigenvalue weighted by Gasteiger charge is -2.30. The van der Waals surface area contributed by atoms with Crippen LogP contribution in [0.25, 0.3) is 0 Å². The standard InChI is InChI=1S/C47H95N2O6P/c1-6-8-10-12-14-16-18-20-22-23-24-25-27-28-30-32-34-36-38-40-46(50)45(44-55-56(52,53)54-43-42-49(3,4)5)48-47(51)41-39-37-35-33-31-29-26-21-19-17-15-13-11-9-7-2/h17,19,45-46,50H,6-16,18,20-44H2,1-5H3,(H-,48,51,52,53)/b19-17-. The quantitative estimate of drug-likeness (QED) is 0.0274. The van der Waals surface area contributed by atoms with Gasteiger partial charge >= 0.3 is 0 Å². The van der Waals surface area contributed by atoms with Gasteiger partial charge < -0.3 is 28.8 Å². The highest BCUT2D eigenvalue weighted by atomic mass is 31.2. The summed E-state index contributed by atoms with van der Waals surface area (Å²) in [5.41, 5.74) is 0. The van der Waals surface area contributed by atoms with Crippen molar-refractivity contribution >= 4 is 13.7 Å². The number of carbonyl (C=O) groups excluding carboxylic acids is 1. The van der Waals surface area contributed by atoms with Crippen LogP contribution in [0.4, 0.5) is 0 Å². The van der Waals surface area contributed by atoms with E-state index in [2.05, 4.69) is 31.3 Å². The molecule has 56 heavy (non-hydrogen) atoms. The number of hydrogen-bond acceptors (Lipinski definition) is 6. The van der Waals surface area contributed by atoms with Gasteiger partial charge in [-0.3, -0.25) is 9.36 Å². The fraction of sp³-hybridized carbons (Fsp3) is 0.936. The highest BCUT2D eigenvalue weighted by Crippen LogP contribution is 2.38. The van der Waals surface area contributed by atoms with Gasteiger partial charge in [-0.05, 0) is 38.5 Å². The van der Waals surface area contributed by atoms with Crippen LogP contribution in [0.5, 0.6) is 0 Å². The van der Waals surface area contributed by atoms with Crippen LogP contribution in [0.3, 0.4) is 0 Å². The molecule has 3 unspecified atom stereocenters. The average Bonchev–Trinajstić information content (AvgIpc) is 3.15. The smallest absolute Gasteiger partial charge is 0.268 e. The molecule has 0 aliphatic carbocycles. The van der Waals surface area contributed by atoms with Crippen LogP contribution >= 0.6 is 7.82 Å². The van der Waals surface area contributed by atoms with E-state index >= 15 is 0 Å². The minimum absolute atomic E-state index is 0.0133. The fourth-order valence-corrected chi connectivity index (χ4v) is 7.88. The van der Waals surface area contributed by atoms with E-state index in [9.17, 15) is 19.4 Å². The molecule has 334 valence electrons. The van der Waals surface area contributed by atoms with Gasteiger partial charge in [0.15, 0.2) is 0 Å². The Labute approximate surface area is 348 Å². The van der Waals surface area contributed by atoms with Crippen molar-refractivity contribution in [2.45, 2.75) is 244 Å². The molecule has 0 aliphatic heterocycles. The molecule has 8 nitrogen and oxygen atoms in total. The third kappa shape index (κ3) is 41.4. The van der Waals surface area contributed by atoms with Crippen molar-refractivity contribution in [2.24, 2.45) is 0 Å². The van der Waals surface area contributed by atoms with E-state index in [1.807, 2.05) is 21.1 Å². The van der Waals surface area contributed by atoms with Gasteiger partial charge in [-0.15, -0.1) is 0 Å². The SMILES string of the molecule is CCCCCC/C=C\CCCCCCCCCC(=O)NC(COP(=O)([O-])OCC[N+](C)(C)C)C(O)CCCCCCCCCCCCCCCCCCCCC. The van der Waals surface area contributed by atoms with E-state index in [1.54, 1.807) is 0 Å². The summed E-state index contributed by atoms with van der Waals surface area (Å²) >= 11 is 0. The Kier molecular flexibility index (Phi) is 39.1. The molecule has 0 spiro atoms. The van der Waals surface area contributed by atoms with Gasteiger partial charge in [0.1, 0.15) is 13.2 Å². The van der Waals surface area contributed by atoms with Crippen LogP contribution in [-0.2, 0) is 18.4 Å². The van der Waals surface area contributed by atoms with E-state index in [1.165, 1.54) is 167 Å². The molecular weight excluding hydrogens is 719 g/mol. The molecule has 0 aromatic carbocycles. The van der Waals surface area contributed by atoms with E-state index in [0.717, 1.165) is 38.5 Å². The van der Waals surface area contributed by atoms with Crippen molar-refractivity contribution in [3.05, 3.63) is 12.2 Å². The molecule has 0 fully saturated rings. The monoisotopic (exact) mass is 815 g/mol. The summed E-state index contributed by atoms with van der Waals surface area (Å²) in [6.07, 6.45) is 45.0. The first-order chi connectivity index (χ1) is 27.0. The maximum Gasteiger partial charge on any atom is 0.268 e. The largest absolute Gasteiger partial charge is 0.756 e. The van der Waals surface area contributed by atoms with E-state index in [0.29, 0.717) is 23.9 Å². The molecule has 0 aliphatic rings. The Morgan fingerprint density at radius 2 is 0.982 bits per heavy atom. The Balaban J connectivity index is 4.29. The van der Waals surface area contributed by atoms with Gasteiger partial charge in [0.2, 0.25) is 5.91 Å². The summed E-state index contributed by atoms with van der Waals surface area (Å²) in [6.45, 7) is 4.72. The minimum atomic E-state index is -4.56. The summed E-state index contributed by atoms with van der Waals surface area (Å²) in [5.74, 6) is -0.168. The molecule has 0 bridgehead atoms. The number of amides is 1. The number of nitrogens with one attached hydrogen (secondary N) is 1. The number of hydrogen-bond donors (Lipinski definition) is 2. The number of carbonyl (C=O) groups is 1. The van der Waals surface area contributed by atoms with Crippen LogP contribution < -0.4 is 10.2 Å². The van der Waals surface area contributed by atoms with Gasteiger partial charge in [-0.1, -0.05) is 199 Å². The van der Waals surface area contributed by atoms with Crippen LogP contribution in [0.1, 0.15) is 232 Å². The lowest BCUT2D eigenvalue weighted by molar-refractivity contribution is -0.870. The van der Waals surface area contributed by atoms with Crippen molar-refractivity contribution in [3.8, 4) is 0 Å². The number of likely N-dealkylation sites (N-methyl/N-ethyl adjacent to an activating group) is 1. The van der Waals surface area contributed by atoms with Crippen molar-refractivity contribution in [1.29, 1.82) is 0 Å². The number of aliphatic hydroxyl groups excluding tert-OH is 1. The summed E-state index contributed by atoms with van der Waals surface area (Å²) in [5, 5.41) is 13.9. The second-order valence-electron chi connectivity index (χ2n) is 17.8. The van der Waals surface area contributed by atoms with Crippen LogP contribution in [0.2, 0.25) is 0 Å². The van der Waals surface area contributed by atoms with Gasteiger partial charge in [-0.2, -0.15) is 0 Å². The number of allylic oxidation sites excluding steroid dienone is 2. The Bertz CT molecular complexity index is 927. The number of nitrogens with zero attached hydrogens (tertiary/aromatic N) is 1. The molecule has 0 radical (unpaired) electrons. The maximum atomic E-state index is 12.9. The normalized spacial score (nSPS) is 14.3. The minimum Gasteiger partial charge on any atom is -0.756 e. The zero-order valence-electron chi connectivity index (χ0n) is 37.9. The van der Waals surface area contributed by atoms with Crippen molar-refractivity contribution in [3.63, 3.8) is 0 Å². The third-order valence-electron chi connectivity index (χ3n) is 11.0. The molecule has 0 aromatic rings. The van der Waals surface area contributed by atoms with Crippen molar-refractivity contribution in [2.75, 3.05) is 40.9 Å². The molecule has 0 heterocycles. The molecular formula is C47H95N2O6P. The number of quaternary nitrogens is 1. The van der Waals surface area contributed by atoms with Crippen LogP contribution in [0.15, 0.2) is 12.2 Å². The average molecular weight is 815 g/mol. The number of phosphoric acid groups is 1. The fourth-order valence-electron chi connectivity index (χ4n) is 7.15. The van der Waals surface area contributed by atoms with E-state index in [-0.39, 0.29) is 19.1 Å². The topological polar surface area (TPSA) is 108 Å². The molecule has 0 saturated carbocycles. The predicted octanol–water partition coefficient (Wildman–Crippen LogP) is 12.9. The van der Waals surface area contributed by atoms with Crippen molar-refractivity contribution < 1.29 is 32.9 Å². The summed E-state index contributed by atoms with van der Waals surface area (Å²) in [6, 6.07) is -0.798. The van der Waals surface area contributed by atoms with Gasteiger partial charge in [0, 0.05) is 6.42 Å². The van der Waals surface area contributed by atoms with Crippen LogP contribution in [-0.4, -0.2) is 68.5 Å². The zero-order chi connectivity index (χ0) is 41.4. The Morgan fingerprint density at radius 1 is 0.607 bits per heavy atom. The maximum absolute atomic E-state index is 12.9. The highest BCUT2D eigenvalue weighted by molar-refractivity contribution is 7.45. The van der Waals surface area contributed by atoms with Gasteiger partial charge in [0.05, 0.1) is 39.9 Å². The first kappa shape index (κ1) is 55.2. The van der Waals surface area contributed by atoms with Gasteiger partial charge in [0.25, 0.3) is 7.82 Å². The number of phosphoric ester groups is 1. The number of unbranched alkanes of at least 4 members (excludes halogenated alkanes) is 29. The summed E-state index contributed by atoms with van der Waals surface area (Å²) < 4.78 is 23.3. The lowest BCUT2D eigenvalue weighted by Crippen LogP contribution is -2.46.